The number of rotatable bonds is 8. The van der Waals surface area contributed by atoms with E-state index in [9.17, 15) is 0 Å². The maximum absolute atomic E-state index is 5.33. The molecule has 0 N–H and O–H groups in total. The van der Waals surface area contributed by atoms with E-state index in [0.717, 1.165) is 35.5 Å². The van der Waals surface area contributed by atoms with Gasteiger partial charge in [0, 0.05) is 0 Å². The zero-order valence-electron chi connectivity index (χ0n) is 18.7. The number of hydrogen-bond donors (Lipinski definition) is 0. The Kier molecular flexibility index (Phi) is 6.99. The summed E-state index contributed by atoms with van der Waals surface area (Å²) in [4.78, 5) is 0. The first-order chi connectivity index (χ1) is 14.5. The van der Waals surface area contributed by atoms with Crippen LogP contribution in [0.25, 0.3) is 11.6 Å². The van der Waals surface area contributed by atoms with E-state index >= 15 is 0 Å². The molecule has 2 nitrogen and oxygen atoms in total. The molecule has 3 rings (SSSR count). The number of ether oxygens (including phenoxy) is 2. The minimum atomic E-state index is 0.233. The average molecular weight is 401 g/mol. The molecule has 2 heteroatoms. The van der Waals surface area contributed by atoms with Crippen molar-refractivity contribution in [2.75, 3.05) is 14.2 Å². The van der Waals surface area contributed by atoms with Crippen molar-refractivity contribution >= 4 is 11.6 Å². The van der Waals surface area contributed by atoms with E-state index in [0.29, 0.717) is 0 Å². The van der Waals surface area contributed by atoms with Crippen molar-refractivity contribution in [2.24, 2.45) is 0 Å². The van der Waals surface area contributed by atoms with Crippen molar-refractivity contribution < 1.29 is 9.47 Å². The smallest absolute Gasteiger partial charge is 0.118 e. The molecule has 0 aromatic heterocycles. The minimum Gasteiger partial charge on any atom is -0.497 e. The highest BCUT2D eigenvalue weighted by Crippen LogP contribution is 2.33. The summed E-state index contributed by atoms with van der Waals surface area (Å²) >= 11 is 0. The van der Waals surface area contributed by atoms with E-state index in [2.05, 4.69) is 75.4 Å². The van der Waals surface area contributed by atoms with Crippen LogP contribution < -0.4 is 9.47 Å². The molecular weight excluding hydrogens is 368 g/mol. The van der Waals surface area contributed by atoms with E-state index in [1.54, 1.807) is 14.2 Å². The first kappa shape index (κ1) is 21.7. The van der Waals surface area contributed by atoms with Gasteiger partial charge in [-0.25, -0.2) is 0 Å². The van der Waals surface area contributed by atoms with Crippen molar-refractivity contribution in [3.8, 4) is 11.5 Å². The van der Waals surface area contributed by atoms with Crippen LogP contribution in [0.5, 0.6) is 11.5 Å². The van der Waals surface area contributed by atoms with Gasteiger partial charge in [-0.2, -0.15) is 0 Å². The zero-order chi connectivity index (χ0) is 21.6. The van der Waals surface area contributed by atoms with Gasteiger partial charge < -0.3 is 9.47 Å². The lowest BCUT2D eigenvalue weighted by Gasteiger charge is -2.27. The standard InChI is InChI=1S/C28H32O2/c1-6-28(3,7-2)24-14-8-21(9-15-24)20-27(22-10-16-25(29-4)17-11-22)23-12-18-26(30-5)19-13-23/h8-20H,6-7H2,1-5H3. The first-order valence-electron chi connectivity index (χ1n) is 10.6. The fraction of sp³-hybridized carbons (Fsp3) is 0.286. The molecule has 0 radical (unpaired) electrons. The van der Waals surface area contributed by atoms with Gasteiger partial charge in [-0.3, -0.25) is 0 Å². The third-order valence-corrected chi connectivity index (χ3v) is 6.28. The maximum Gasteiger partial charge on any atom is 0.118 e. The maximum atomic E-state index is 5.33. The zero-order valence-corrected chi connectivity index (χ0v) is 18.7. The highest BCUT2D eigenvalue weighted by Gasteiger charge is 2.21. The first-order valence-corrected chi connectivity index (χ1v) is 10.6. The Morgan fingerprint density at radius 2 is 1.13 bits per heavy atom. The Morgan fingerprint density at radius 3 is 1.50 bits per heavy atom. The lowest BCUT2D eigenvalue weighted by atomic mass is 9.77. The molecule has 3 aromatic carbocycles. The summed E-state index contributed by atoms with van der Waals surface area (Å²) in [5, 5.41) is 0. The molecule has 0 saturated heterocycles. The van der Waals surface area contributed by atoms with Crippen LogP contribution in [0.1, 0.15) is 55.9 Å². The second kappa shape index (κ2) is 9.67. The van der Waals surface area contributed by atoms with Crippen molar-refractivity contribution in [1.82, 2.24) is 0 Å². The molecule has 0 bridgehead atoms. The van der Waals surface area contributed by atoms with E-state index in [1.165, 1.54) is 16.7 Å². The molecule has 30 heavy (non-hydrogen) atoms. The SMILES string of the molecule is CCC(C)(CC)c1ccc(C=C(c2ccc(OC)cc2)c2ccc(OC)cc2)cc1. The van der Waals surface area contributed by atoms with Gasteiger partial charge in [-0.15, -0.1) is 0 Å². The van der Waals surface area contributed by atoms with Crippen molar-refractivity contribution in [3.05, 3.63) is 95.1 Å². The van der Waals surface area contributed by atoms with Gasteiger partial charge in [0.25, 0.3) is 0 Å². The van der Waals surface area contributed by atoms with Crippen LogP contribution in [-0.4, -0.2) is 14.2 Å². The molecule has 0 aliphatic heterocycles. The summed E-state index contributed by atoms with van der Waals surface area (Å²) in [6.07, 6.45) is 4.53. The van der Waals surface area contributed by atoms with Crippen LogP contribution in [0.3, 0.4) is 0 Å². The number of methoxy groups -OCH3 is 2. The van der Waals surface area contributed by atoms with Crippen LogP contribution >= 0.6 is 0 Å². The fourth-order valence-electron chi connectivity index (χ4n) is 3.68. The molecule has 0 aliphatic rings. The minimum absolute atomic E-state index is 0.233. The Morgan fingerprint density at radius 1 is 0.700 bits per heavy atom. The topological polar surface area (TPSA) is 18.5 Å². The highest BCUT2D eigenvalue weighted by molar-refractivity contribution is 5.91. The lowest BCUT2D eigenvalue weighted by molar-refractivity contribution is 0.414. The molecule has 0 saturated carbocycles. The van der Waals surface area contributed by atoms with Gasteiger partial charge in [0.05, 0.1) is 14.2 Å². The molecule has 156 valence electrons. The lowest BCUT2D eigenvalue weighted by Crippen LogP contribution is -2.19. The number of benzene rings is 3. The molecule has 0 atom stereocenters. The van der Waals surface area contributed by atoms with Gasteiger partial charge in [0.1, 0.15) is 11.5 Å². The van der Waals surface area contributed by atoms with Crippen LogP contribution in [0.4, 0.5) is 0 Å². The molecule has 0 fully saturated rings. The predicted molar refractivity (Wildman–Crippen MR) is 127 cm³/mol. The summed E-state index contributed by atoms with van der Waals surface area (Å²) in [6.45, 7) is 6.88. The van der Waals surface area contributed by atoms with E-state index in [1.807, 2.05) is 24.3 Å². The van der Waals surface area contributed by atoms with E-state index < -0.39 is 0 Å². The Bertz CT molecular complexity index is 911. The molecule has 0 aliphatic carbocycles. The molecule has 0 spiro atoms. The molecule has 0 amide bonds. The van der Waals surface area contributed by atoms with Gasteiger partial charge in [0.2, 0.25) is 0 Å². The Balaban J connectivity index is 2.03. The third kappa shape index (κ3) is 4.76. The van der Waals surface area contributed by atoms with Gasteiger partial charge in [-0.1, -0.05) is 69.3 Å². The second-order valence-electron chi connectivity index (χ2n) is 7.90. The predicted octanol–water partition coefficient (Wildman–Crippen LogP) is 7.37. The van der Waals surface area contributed by atoms with Crippen molar-refractivity contribution in [3.63, 3.8) is 0 Å². The molecule has 0 heterocycles. The Hall–Kier alpha value is -3.00. The van der Waals surface area contributed by atoms with Crippen LogP contribution in [-0.2, 0) is 5.41 Å². The van der Waals surface area contributed by atoms with Crippen molar-refractivity contribution in [2.45, 2.75) is 39.0 Å². The second-order valence-corrected chi connectivity index (χ2v) is 7.90. The Labute approximate surface area is 181 Å². The summed E-state index contributed by atoms with van der Waals surface area (Å²) in [7, 11) is 3.38. The van der Waals surface area contributed by atoms with Gasteiger partial charge in [0.15, 0.2) is 0 Å². The number of hydrogen-bond acceptors (Lipinski definition) is 2. The van der Waals surface area contributed by atoms with Crippen LogP contribution in [0, 0.1) is 0 Å². The third-order valence-electron chi connectivity index (χ3n) is 6.28. The highest BCUT2D eigenvalue weighted by atomic mass is 16.5. The largest absolute Gasteiger partial charge is 0.497 e. The van der Waals surface area contributed by atoms with Crippen LogP contribution in [0.2, 0.25) is 0 Å². The van der Waals surface area contributed by atoms with Crippen LogP contribution in [0.15, 0.2) is 72.8 Å². The van der Waals surface area contributed by atoms with Gasteiger partial charge in [-0.05, 0) is 76.4 Å². The monoisotopic (exact) mass is 400 g/mol. The van der Waals surface area contributed by atoms with E-state index in [-0.39, 0.29) is 5.41 Å². The summed E-state index contributed by atoms with van der Waals surface area (Å²) < 4.78 is 10.7. The molecule has 0 unspecified atom stereocenters. The quantitative estimate of drug-likeness (QED) is 0.367. The normalized spacial score (nSPS) is 11.1. The average Bonchev–Trinajstić information content (AvgIpc) is 2.82. The van der Waals surface area contributed by atoms with Crippen molar-refractivity contribution in [1.29, 1.82) is 0 Å². The summed E-state index contributed by atoms with van der Waals surface area (Å²) in [5.41, 5.74) is 6.29. The fourth-order valence-corrected chi connectivity index (χ4v) is 3.68. The summed E-state index contributed by atoms with van der Waals surface area (Å²) in [5.74, 6) is 1.71. The molecular formula is C28H32O2. The molecule has 3 aromatic rings. The summed E-state index contributed by atoms with van der Waals surface area (Å²) in [6, 6.07) is 25.4. The van der Waals surface area contributed by atoms with E-state index in [4.69, 9.17) is 9.47 Å². The van der Waals surface area contributed by atoms with Gasteiger partial charge >= 0.3 is 0 Å².